The van der Waals surface area contributed by atoms with Gasteiger partial charge in [-0.2, -0.15) is 4.31 Å². The largest absolute Gasteiger partial charge is 0.483 e. The third kappa shape index (κ3) is 5.11. The molecule has 0 saturated carbocycles. The summed E-state index contributed by atoms with van der Waals surface area (Å²) in [6.07, 6.45) is 0. The first kappa shape index (κ1) is 21.2. The van der Waals surface area contributed by atoms with Crippen LogP contribution in [-0.4, -0.2) is 51.5 Å². The number of amides is 1. The SMILES string of the molecule is Cc1ccc(F)cc1NC(=O)COc1ccc(S(=O)(=O)N2CCOCC2)cc1C. The van der Waals surface area contributed by atoms with E-state index in [1.54, 1.807) is 19.9 Å². The number of nitrogens with zero attached hydrogens (tertiary/aromatic N) is 1. The average molecular weight is 422 g/mol. The van der Waals surface area contributed by atoms with E-state index in [1.165, 1.54) is 34.6 Å². The molecule has 1 heterocycles. The highest BCUT2D eigenvalue weighted by molar-refractivity contribution is 7.89. The quantitative estimate of drug-likeness (QED) is 0.773. The van der Waals surface area contributed by atoms with Gasteiger partial charge in [-0.25, -0.2) is 12.8 Å². The molecule has 7 nitrogen and oxygen atoms in total. The number of nitrogens with one attached hydrogen (secondary N) is 1. The van der Waals surface area contributed by atoms with E-state index in [2.05, 4.69) is 5.32 Å². The monoisotopic (exact) mass is 422 g/mol. The number of carbonyl (C=O) groups is 1. The number of anilines is 1. The number of hydrogen-bond donors (Lipinski definition) is 1. The van der Waals surface area contributed by atoms with Gasteiger partial charge in [-0.3, -0.25) is 4.79 Å². The van der Waals surface area contributed by atoms with Gasteiger partial charge in [0.25, 0.3) is 5.91 Å². The Balaban J connectivity index is 1.64. The van der Waals surface area contributed by atoms with Crippen molar-refractivity contribution in [3.63, 3.8) is 0 Å². The summed E-state index contributed by atoms with van der Waals surface area (Å²) in [4.78, 5) is 12.3. The van der Waals surface area contributed by atoms with Crippen LogP contribution in [0.15, 0.2) is 41.3 Å². The maximum Gasteiger partial charge on any atom is 0.262 e. The van der Waals surface area contributed by atoms with Crippen molar-refractivity contribution in [3.05, 3.63) is 53.3 Å². The Labute approximate surface area is 169 Å². The van der Waals surface area contributed by atoms with Crippen LogP contribution in [0.5, 0.6) is 5.75 Å². The minimum Gasteiger partial charge on any atom is -0.483 e. The van der Waals surface area contributed by atoms with Gasteiger partial charge in [-0.05, 0) is 55.3 Å². The maximum atomic E-state index is 13.3. The molecule has 1 aliphatic rings. The minimum atomic E-state index is -3.60. The second kappa shape index (κ2) is 8.89. The smallest absolute Gasteiger partial charge is 0.262 e. The Hall–Kier alpha value is -2.49. The zero-order valence-corrected chi connectivity index (χ0v) is 17.1. The number of morpholine rings is 1. The molecule has 3 rings (SSSR count). The molecular formula is C20H23FN2O5S. The van der Waals surface area contributed by atoms with Crippen molar-refractivity contribution in [2.75, 3.05) is 38.2 Å². The molecule has 0 bridgehead atoms. The lowest BCUT2D eigenvalue weighted by Gasteiger charge is -2.26. The summed E-state index contributed by atoms with van der Waals surface area (Å²) in [6, 6.07) is 8.64. The summed E-state index contributed by atoms with van der Waals surface area (Å²) in [6.45, 7) is 4.57. The predicted molar refractivity (Wildman–Crippen MR) is 106 cm³/mol. The fourth-order valence-corrected chi connectivity index (χ4v) is 4.43. The molecule has 0 atom stereocenters. The second-order valence-electron chi connectivity index (χ2n) is 6.74. The number of ether oxygens (including phenoxy) is 2. The lowest BCUT2D eigenvalue weighted by molar-refractivity contribution is -0.118. The van der Waals surface area contributed by atoms with Crippen LogP contribution < -0.4 is 10.1 Å². The Morgan fingerprint density at radius 3 is 2.55 bits per heavy atom. The highest BCUT2D eigenvalue weighted by atomic mass is 32.2. The van der Waals surface area contributed by atoms with Crippen LogP contribution in [0.3, 0.4) is 0 Å². The molecule has 0 aromatic heterocycles. The van der Waals surface area contributed by atoms with Gasteiger partial charge in [-0.1, -0.05) is 6.07 Å². The lowest BCUT2D eigenvalue weighted by atomic mass is 10.2. The van der Waals surface area contributed by atoms with Gasteiger partial charge in [0.15, 0.2) is 6.61 Å². The van der Waals surface area contributed by atoms with Crippen LogP contribution in [0, 0.1) is 19.7 Å². The van der Waals surface area contributed by atoms with Crippen molar-refractivity contribution in [3.8, 4) is 5.75 Å². The third-order valence-corrected chi connectivity index (χ3v) is 6.48. The standard InChI is InChI=1S/C20H23FN2O5S/c1-14-3-4-16(21)12-18(14)22-20(24)13-28-19-6-5-17(11-15(19)2)29(25,26)23-7-9-27-10-8-23/h3-6,11-12H,7-10,13H2,1-2H3,(H,22,24). The van der Waals surface area contributed by atoms with E-state index >= 15 is 0 Å². The molecule has 2 aromatic rings. The molecule has 1 N–H and O–H groups in total. The molecule has 0 spiro atoms. The molecular weight excluding hydrogens is 399 g/mol. The van der Waals surface area contributed by atoms with Crippen molar-refractivity contribution in [1.29, 1.82) is 0 Å². The molecule has 29 heavy (non-hydrogen) atoms. The van der Waals surface area contributed by atoms with Crippen LogP contribution >= 0.6 is 0 Å². The maximum absolute atomic E-state index is 13.3. The van der Waals surface area contributed by atoms with Crippen LogP contribution in [-0.2, 0) is 19.6 Å². The molecule has 2 aromatic carbocycles. The van der Waals surface area contributed by atoms with E-state index < -0.39 is 21.7 Å². The highest BCUT2D eigenvalue weighted by Crippen LogP contribution is 2.25. The molecule has 0 radical (unpaired) electrons. The number of halogens is 1. The van der Waals surface area contributed by atoms with Crippen molar-refractivity contribution in [2.45, 2.75) is 18.7 Å². The van der Waals surface area contributed by atoms with Gasteiger partial charge in [0.1, 0.15) is 11.6 Å². The number of aryl methyl sites for hydroxylation is 2. The number of rotatable bonds is 6. The summed E-state index contributed by atoms with van der Waals surface area (Å²) >= 11 is 0. The molecule has 1 fully saturated rings. The van der Waals surface area contributed by atoms with E-state index in [4.69, 9.17) is 9.47 Å². The zero-order valence-electron chi connectivity index (χ0n) is 16.3. The Morgan fingerprint density at radius 1 is 1.14 bits per heavy atom. The lowest BCUT2D eigenvalue weighted by Crippen LogP contribution is -2.40. The van der Waals surface area contributed by atoms with Gasteiger partial charge < -0.3 is 14.8 Å². The molecule has 0 aliphatic carbocycles. The third-order valence-electron chi connectivity index (χ3n) is 4.59. The molecule has 1 amide bonds. The first-order valence-corrected chi connectivity index (χ1v) is 10.6. The fraction of sp³-hybridized carbons (Fsp3) is 0.350. The minimum absolute atomic E-state index is 0.170. The summed E-state index contributed by atoms with van der Waals surface area (Å²) in [5.74, 6) is -0.486. The van der Waals surface area contributed by atoms with Crippen molar-refractivity contribution in [2.24, 2.45) is 0 Å². The van der Waals surface area contributed by atoms with E-state index in [9.17, 15) is 17.6 Å². The predicted octanol–water partition coefficient (Wildman–Crippen LogP) is 2.48. The van der Waals surface area contributed by atoms with Gasteiger partial charge in [0, 0.05) is 18.8 Å². The summed E-state index contributed by atoms with van der Waals surface area (Å²) in [5, 5.41) is 2.60. The van der Waals surface area contributed by atoms with Gasteiger partial charge >= 0.3 is 0 Å². The van der Waals surface area contributed by atoms with Crippen LogP contribution in [0.4, 0.5) is 10.1 Å². The normalized spacial score (nSPS) is 15.1. The van der Waals surface area contributed by atoms with E-state index in [-0.39, 0.29) is 11.5 Å². The van der Waals surface area contributed by atoms with Crippen molar-refractivity contribution < 1.29 is 27.1 Å². The molecule has 9 heteroatoms. The highest BCUT2D eigenvalue weighted by Gasteiger charge is 2.26. The molecule has 1 saturated heterocycles. The second-order valence-corrected chi connectivity index (χ2v) is 8.68. The van der Waals surface area contributed by atoms with Gasteiger partial charge in [0.05, 0.1) is 18.1 Å². The first-order chi connectivity index (χ1) is 13.8. The number of sulfonamides is 1. The van der Waals surface area contributed by atoms with Crippen molar-refractivity contribution in [1.82, 2.24) is 4.31 Å². The Bertz CT molecular complexity index is 1000. The van der Waals surface area contributed by atoms with Crippen LogP contribution in [0.2, 0.25) is 0 Å². The van der Waals surface area contributed by atoms with Gasteiger partial charge in [0.2, 0.25) is 10.0 Å². The molecule has 0 unspecified atom stereocenters. The van der Waals surface area contributed by atoms with Gasteiger partial charge in [-0.15, -0.1) is 0 Å². The number of carbonyl (C=O) groups excluding carboxylic acids is 1. The average Bonchev–Trinajstić information content (AvgIpc) is 2.70. The summed E-state index contributed by atoms with van der Waals surface area (Å²) < 4.78 is 50.9. The molecule has 156 valence electrons. The first-order valence-electron chi connectivity index (χ1n) is 9.15. The Kier molecular flexibility index (Phi) is 6.51. The summed E-state index contributed by atoms with van der Waals surface area (Å²) in [7, 11) is -3.60. The van der Waals surface area contributed by atoms with E-state index in [1.807, 2.05) is 0 Å². The van der Waals surface area contributed by atoms with Crippen LogP contribution in [0.1, 0.15) is 11.1 Å². The van der Waals surface area contributed by atoms with Crippen LogP contribution in [0.25, 0.3) is 0 Å². The number of benzene rings is 2. The van der Waals surface area contributed by atoms with E-state index in [0.717, 1.165) is 5.56 Å². The zero-order chi connectivity index (χ0) is 21.0. The molecule has 1 aliphatic heterocycles. The Morgan fingerprint density at radius 2 is 1.86 bits per heavy atom. The fourth-order valence-electron chi connectivity index (χ4n) is 2.94. The topological polar surface area (TPSA) is 84.9 Å². The van der Waals surface area contributed by atoms with Crippen molar-refractivity contribution >= 4 is 21.6 Å². The summed E-state index contributed by atoms with van der Waals surface area (Å²) in [5.41, 5.74) is 1.70. The van der Waals surface area contributed by atoms with E-state index in [0.29, 0.717) is 43.3 Å². The number of hydrogen-bond acceptors (Lipinski definition) is 5.